The number of benzene rings is 2. The monoisotopic (exact) mass is 420 g/mol. The summed E-state index contributed by atoms with van der Waals surface area (Å²) in [6.07, 6.45) is 0.382. The number of carbonyl (C=O) groups is 1. The molecule has 1 amide bonds. The molecular weight excluding hydrogens is 392 g/mol. The maximum Gasteiger partial charge on any atom is 0.224 e. The second-order valence-electron chi connectivity index (χ2n) is 7.82. The molecule has 1 fully saturated rings. The fourth-order valence-electron chi connectivity index (χ4n) is 3.75. The molecule has 2 aromatic carbocycles. The Labute approximate surface area is 182 Å². The Morgan fingerprint density at radius 2 is 1.80 bits per heavy atom. The minimum atomic E-state index is 0.0421. The number of anilines is 1. The molecule has 0 atom stereocenters. The molecule has 0 spiro atoms. The van der Waals surface area contributed by atoms with E-state index >= 15 is 0 Å². The summed E-state index contributed by atoms with van der Waals surface area (Å²) in [5.41, 5.74) is 5.49. The summed E-state index contributed by atoms with van der Waals surface area (Å²) < 4.78 is 0. The van der Waals surface area contributed by atoms with Gasteiger partial charge in [0.2, 0.25) is 5.91 Å². The summed E-state index contributed by atoms with van der Waals surface area (Å²) in [6, 6.07) is 16.5. The number of carbonyl (C=O) groups excluding carboxylic acids is 1. The lowest BCUT2D eigenvalue weighted by atomic mass is 10.1. The van der Waals surface area contributed by atoms with Crippen LogP contribution in [-0.4, -0.2) is 49.0 Å². The predicted molar refractivity (Wildman–Crippen MR) is 124 cm³/mol. The van der Waals surface area contributed by atoms with Crippen LogP contribution in [0.2, 0.25) is 0 Å². The molecule has 1 N–H and O–H groups in total. The summed E-state index contributed by atoms with van der Waals surface area (Å²) in [6.45, 7) is 6.74. The first-order valence-electron chi connectivity index (χ1n) is 10.4. The van der Waals surface area contributed by atoms with Crippen LogP contribution in [0, 0.1) is 6.92 Å². The van der Waals surface area contributed by atoms with Crippen LogP contribution in [0.5, 0.6) is 0 Å². The van der Waals surface area contributed by atoms with Crippen LogP contribution in [0.4, 0.5) is 5.69 Å². The van der Waals surface area contributed by atoms with Crippen molar-refractivity contribution in [3.05, 3.63) is 70.0 Å². The molecule has 1 aromatic heterocycles. The van der Waals surface area contributed by atoms with Gasteiger partial charge in [-0.2, -0.15) is 0 Å². The number of hydrogen-bond acceptors (Lipinski definition) is 5. The molecule has 2 heterocycles. The third-order valence-corrected chi connectivity index (χ3v) is 6.32. The average Bonchev–Trinajstić information content (AvgIpc) is 3.20. The zero-order chi connectivity index (χ0) is 20.9. The highest BCUT2D eigenvalue weighted by Gasteiger charge is 2.17. The van der Waals surface area contributed by atoms with E-state index in [1.807, 2.05) is 37.3 Å². The number of hydrogen-bond donors (Lipinski definition) is 1. The third kappa shape index (κ3) is 5.07. The molecule has 0 unspecified atom stereocenters. The SMILES string of the molecule is Cc1nc(-c2ccc(CC(=O)NCc3ccccc3N3CCN(C)CC3)cc2)cs1. The van der Waals surface area contributed by atoms with Crippen molar-refractivity contribution in [3.63, 3.8) is 0 Å². The Bertz CT molecular complexity index is 990. The van der Waals surface area contributed by atoms with Gasteiger partial charge < -0.3 is 15.1 Å². The minimum Gasteiger partial charge on any atom is -0.369 e. The molecule has 3 aromatic rings. The van der Waals surface area contributed by atoms with E-state index in [2.05, 4.69) is 50.7 Å². The summed E-state index contributed by atoms with van der Waals surface area (Å²) in [5, 5.41) is 6.22. The molecule has 0 aliphatic carbocycles. The second-order valence-corrected chi connectivity index (χ2v) is 8.88. The van der Waals surface area contributed by atoms with Gasteiger partial charge in [-0.25, -0.2) is 4.98 Å². The highest BCUT2D eigenvalue weighted by Crippen LogP contribution is 2.23. The number of likely N-dealkylation sites (N-methyl/N-ethyl adjacent to an activating group) is 1. The van der Waals surface area contributed by atoms with Gasteiger partial charge in [0.05, 0.1) is 17.1 Å². The smallest absolute Gasteiger partial charge is 0.224 e. The van der Waals surface area contributed by atoms with E-state index in [1.165, 1.54) is 11.3 Å². The Kier molecular flexibility index (Phi) is 6.45. The number of nitrogens with zero attached hydrogens (tertiary/aromatic N) is 3. The molecule has 0 radical (unpaired) electrons. The maximum absolute atomic E-state index is 12.5. The highest BCUT2D eigenvalue weighted by molar-refractivity contribution is 7.09. The van der Waals surface area contributed by atoms with E-state index in [4.69, 9.17) is 0 Å². The Balaban J connectivity index is 1.34. The lowest BCUT2D eigenvalue weighted by Crippen LogP contribution is -2.45. The van der Waals surface area contributed by atoms with Gasteiger partial charge in [-0.05, 0) is 31.2 Å². The zero-order valence-corrected chi connectivity index (χ0v) is 18.4. The Morgan fingerprint density at radius 1 is 1.07 bits per heavy atom. The number of nitrogens with one attached hydrogen (secondary N) is 1. The van der Waals surface area contributed by atoms with Gasteiger partial charge in [0.25, 0.3) is 0 Å². The summed E-state index contributed by atoms with van der Waals surface area (Å²) in [4.78, 5) is 21.8. The molecule has 30 heavy (non-hydrogen) atoms. The van der Waals surface area contributed by atoms with Crippen molar-refractivity contribution >= 4 is 22.9 Å². The van der Waals surface area contributed by atoms with Crippen molar-refractivity contribution in [2.75, 3.05) is 38.1 Å². The molecule has 0 saturated carbocycles. The van der Waals surface area contributed by atoms with Crippen LogP contribution < -0.4 is 10.2 Å². The van der Waals surface area contributed by atoms with Crippen LogP contribution in [0.3, 0.4) is 0 Å². The van der Waals surface area contributed by atoms with E-state index in [-0.39, 0.29) is 5.91 Å². The second kappa shape index (κ2) is 9.41. The van der Waals surface area contributed by atoms with E-state index in [1.54, 1.807) is 11.3 Å². The average molecular weight is 421 g/mol. The highest BCUT2D eigenvalue weighted by atomic mass is 32.1. The number of aromatic nitrogens is 1. The largest absolute Gasteiger partial charge is 0.369 e. The summed E-state index contributed by atoms with van der Waals surface area (Å²) in [5.74, 6) is 0.0421. The number of rotatable bonds is 6. The van der Waals surface area contributed by atoms with Gasteiger partial charge in [0.15, 0.2) is 0 Å². The van der Waals surface area contributed by atoms with Gasteiger partial charge >= 0.3 is 0 Å². The van der Waals surface area contributed by atoms with Crippen LogP contribution in [0.1, 0.15) is 16.1 Å². The van der Waals surface area contributed by atoms with Crippen LogP contribution in [0.15, 0.2) is 53.9 Å². The number of amides is 1. The van der Waals surface area contributed by atoms with Crippen LogP contribution in [0.25, 0.3) is 11.3 Å². The van der Waals surface area contributed by atoms with Gasteiger partial charge in [0.1, 0.15) is 0 Å². The molecular formula is C24H28N4OS. The van der Waals surface area contributed by atoms with E-state index in [0.29, 0.717) is 13.0 Å². The first-order valence-corrected chi connectivity index (χ1v) is 11.3. The van der Waals surface area contributed by atoms with Crippen molar-refractivity contribution in [1.29, 1.82) is 0 Å². The van der Waals surface area contributed by atoms with E-state index in [9.17, 15) is 4.79 Å². The number of para-hydroxylation sites is 1. The quantitative estimate of drug-likeness (QED) is 0.660. The molecule has 1 aliphatic heterocycles. The first kappa shape index (κ1) is 20.6. The standard InChI is InChI=1S/C24H28N4OS/c1-18-26-22(17-30-18)20-9-7-19(8-10-20)15-24(29)25-16-21-5-3-4-6-23(21)28-13-11-27(2)12-14-28/h3-10,17H,11-16H2,1-2H3,(H,25,29). The van der Waals surface area contributed by atoms with Crippen molar-refractivity contribution in [3.8, 4) is 11.3 Å². The van der Waals surface area contributed by atoms with Gasteiger partial charge in [-0.1, -0.05) is 42.5 Å². The number of piperazine rings is 1. The van der Waals surface area contributed by atoms with E-state index in [0.717, 1.165) is 48.0 Å². The Hall–Kier alpha value is -2.70. The number of thiazole rings is 1. The molecule has 1 saturated heterocycles. The molecule has 4 rings (SSSR count). The maximum atomic E-state index is 12.5. The Morgan fingerprint density at radius 3 is 2.50 bits per heavy atom. The molecule has 5 nitrogen and oxygen atoms in total. The van der Waals surface area contributed by atoms with Crippen molar-refractivity contribution in [1.82, 2.24) is 15.2 Å². The molecule has 0 bridgehead atoms. The third-order valence-electron chi connectivity index (χ3n) is 5.54. The lowest BCUT2D eigenvalue weighted by Gasteiger charge is -2.35. The zero-order valence-electron chi connectivity index (χ0n) is 17.6. The predicted octanol–water partition coefficient (Wildman–Crippen LogP) is 3.73. The lowest BCUT2D eigenvalue weighted by molar-refractivity contribution is -0.120. The molecule has 156 valence electrons. The fraction of sp³-hybridized carbons (Fsp3) is 0.333. The van der Waals surface area contributed by atoms with Crippen LogP contribution >= 0.6 is 11.3 Å². The summed E-state index contributed by atoms with van der Waals surface area (Å²) >= 11 is 1.65. The normalized spacial score (nSPS) is 14.7. The first-order chi connectivity index (χ1) is 14.6. The molecule has 6 heteroatoms. The van der Waals surface area contributed by atoms with Gasteiger partial charge in [-0.3, -0.25) is 4.79 Å². The van der Waals surface area contributed by atoms with Crippen molar-refractivity contribution in [2.45, 2.75) is 19.9 Å². The topological polar surface area (TPSA) is 48.5 Å². The number of aryl methyl sites for hydroxylation is 1. The fourth-order valence-corrected chi connectivity index (χ4v) is 4.37. The minimum absolute atomic E-state index is 0.0421. The van der Waals surface area contributed by atoms with Crippen molar-refractivity contribution in [2.24, 2.45) is 0 Å². The van der Waals surface area contributed by atoms with E-state index < -0.39 is 0 Å². The van der Waals surface area contributed by atoms with Crippen molar-refractivity contribution < 1.29 is 4.79 Å². The van der Waals surface area contributed by atoms with Crippen LogP contribution in [-0.2, 0) is 17.8 Å². The van der Waals surface area contributed by atoms with Gasteiger partial charge in [0, 0.05) is 49.4 Å². The molecule has 1 aliphatic rings. The summed E-state index contributed by atoms with van der Waals surface area (Å²) in [7, 11) is 2.16. The van der Waals surface area contributed by atoms with Gasteiger partial charge in [-0.15, -0.1) is 11.3 Å².